The first-order valence-electron chi connectivity index (χ1n) is 9.26. The molecule has 1 aliphatic heterocycles. The van der Waals surface area contributed by atoms with Gasteiger partial charge in [-0.1, -0.05) is 6.92 Å². The van der Waals surface area contributed by atoms with Crippen LogP contribution < -0.4 is 10.6 Å². The Hall–Kier alpha value is -2.45. The lowest BCUT2D eigenvalue weighted by atomic mass is 9.87. The monoisotopic (exact) mass is 399 g/mol. The van der Waals surface area contributed by atoms with Gasteiger partial charge in [-0.25, -0.2) is 0 Å². The number of amides is 3. The van der Waals surface area contributed by atoms with Gasteiger partial charge in [-0.2, -0.15) is 8.78 Å². The Morgan fingerprint density at radius 2 is 2.00 bits per heavy atom. The Kier molecular flexibility index (Phi) is 6.46. The molecule has 0 fully saturated rings. The molecule has 1 aliphatic carbocycles. The van der Waals surface area contributed by atoms with E-state index in [-0.39, 0.29) is 36.9 Å². The zero-order valence-corrected chi connectivity index (χ0v) is 16.8. The minimum atomic E-state index is -3.12. The summed E-state index contributed by atoms with van der Waals surface area (Å²) in [6, 6.07) is -0.0418. The fourth-order valence-electron chi connectivity index (χ4n) is 3.20. The molecular formula is C19H27F2N3O4. The van der Waals surface area contributed by atoms with Gasteiger partial charge in [0.15, 0.2) is 5.60 Å². The molecule has 0 saturated heterocycles. The predicted octanol–water partition coefficient (Wildman–Crippen LogP) is 1.71. The third kappa shape index (κ3) is 4.69. The molecule has 0 bridgehead atoms. The van der Waals surface area contributed by atoms with E-state index in [1.807, 2.05) is 20.8 Å². The summed E-state index contributed by atoms with van der Waals surface area (Å²) >= 11 is 0. The second-order valence-electron chi connectivity index (χ2n) is 7.80. The van der Waals surface area contributed by atoms with Crippen LogP contribution in [0.4, 0.5) is 8.78 Å². The Morgan fingerprint density at radius 1 is 1.36 bits per heavy atom. The number of nitrogens with zero attached hydrogens (tertiary/aromatic N) is 1. The summed E-state index contributed by atoms with van der Waals surface area (Å²) in [7, 11) is 0. The van der Waals surface area contributed by atoms with E-state index in [9.17, 15) is 23.2 Å². The zero-order valence-electron chi connectivity index (χ0n) is 16.8. The first-order valence-corrected chi connectivity index (χ1v) is 9.26. The highest BCUT2D eigenvalue weighted by atomic mass is 19.3. The van der Waals surface area contributed by atoms with Gasteiger partial charge >= 0.3 is 6.43 Å². The van der Waals surface area contributed by atoms with Crippen LogP contribution in [0.5, 0.6) is 0 Å². The fraction of sp³-hybridized carbons (Fsp3) is 0.632. The molecule has 0 aromatic carbocycles. The van der Waals surface area contributed by atoms with E-state index >= 15 is 0 Å². The Morgan fingerprint density at radius 3 is 2.57 bits per heavy atom. The summed E-state index contributed by atoms with van der Waals surface area (Å²) in [4.78, 5) is 37.8. The van der Waals surface area contributed by atoms with E-state index in [1.165, 1.54) is 4.90 Å². The molecule has 0 aromatic heterocycles. The van der Waals surface area contributed by atoms with Crippen molar-refractivity contribution in [2.75, 3.05) is 13.1 Å². The van der Waals surface area contributed by atoms with Gasteiger partial charge in [0.2, 0.25) is 5.91 Å². The van der Waals surface area contributed by atoms with Crippen LogP contribution in [0, 0.1) is 5.92 Å². The number of rotatable bonds is 6. The lowest BCUT2D eigenvalue weighted by Gasteiger charge is -2.42. The maximum atomic E-state index is 12.8. The Balaban J connectivity index is 2.30. The summed E-state index contributed by atoms with van der Waals surface area (Å²) in [5, 5.41) is 4.93. The Bertz CT molecular complexity index is 729. The molecule has 1 unspecified atom stereocenters. The number of halogens is 2. The minimum Gasteiger partial charge on any atom is -0.480 e. The van der Waals surface area contributed by atoms with E-state index in [2.05, 4.69) is 10.6 Å². The average Bonchev–Trinajstić information content (AvgIpc) is 2.56. The molecule has 0 saturated carbocycles. The van der Waals surface area contributed by atoms with Crippen LogP contribution in [0.3, 0.4) is 0 Å². The molecule has 0 radical (unpaired) electrons. The molecule has 156 valence electrons. The third-order valence-electron chi connectivity index (χ3n) is 4.54. The zero-order chi connectivity index (χ0) is 21.2. The number of carbonyl (C=O) groups excluding carboxylic acids is 3. The predicted molar refractivity (Wildman–Crippen MR) is 98.1 cm³/mol. The van der Waals surface area contributed by atoms with Crippen LogP contribution in [-0.2, 0) is 19.1 Å². The second kappa shape index (κ2) is 8.28. The number of ether oxygens (including phenoxy) is 1. The highest BCUT2D eigenvalue weighted by molar-refractivity contribution is 5.96. The number of alkyl halides is 2. The highest BCUT2D eigenvalue weighted by Crippen LogP contribution is 2.38. The Labute approximate surface area is 163 Å². The van der Waals surface area contributed by atoms with Crippen molar-refractivity contribution in [2.24, 2.45) is 5.92 Å². The first-order chi connectivity index (χ1) is 12.9. The summed E-state index contributed by atoms with van der Waals surface area (Å²) in [6.07, 6.45) is -1.07. The van der Waals surface area contributed by atoms with Crippen molar-refractivity contribution in [3.63, 3.8) is 0 Å². The summed E-state index contributed by atoms with van der Waals surface area (Å²) < 4.78 is 30.6. The van der Waals surface area contributed by atoms with Gasteiger partial charge in [-0.05, 0) is 39.7 Å². The molecule has 2 rings (SSSR count). The third-order valence-corrected chi connectivity index (χ3v) is 4.54. The van der Waals surface area contributed by atoms with Crippen LogP contribution in [0.25, 0.3) is 0 Å². The van der Waals surface area contributed by atoms with Gasteiger partial charge in [0.1, 0.15) is 5.76 Å². The van der Waals surface area contributed by atoms with Crippen molar-refractivity contribution < 1.29 is 27.9 Å². The number of hydrogen-bond acceptors (Lipinski definition) is 4. The molecule has 3 amide bonds. The normalized spacial score (nSPS) is 21.3. The van der Waals surface area contributed by atoms with E-state index < -0.39 is 17.9 Å². The largest absolute Gasteiger partial charge is 0.480 e. The van der Waals surface area contributed by atoms with Gasteiger partial charge in [0, 0.05) is 31.1 Å². The highest BCUT2D eigenvalue weighted by Gasteiger charge is 2.43. The van der Waals surface area contributed by atoms with Crippen molar-refractivity contribution in [1.82, 2.24) is 15.5 Å². The fourth-order valence-corrected chi connectivity index (χ4v) is 3.20. The molecular weight excluding hydrogens is 372 g/mol. The quantitative estimate of drug-likeness (QED) is 0.712. The standard InChI is InChI=1S/C19H27F2N3O4/c1-10(2)23-16(25)12-9-13-14(8-11(12)3)28-19(4,5)18(27)24(13)7-6-22-17(26)15(20)21/h9-11,15H,6-8H2,1-5H3,(H,22,26)(H,23,25). The van der Waals surface area contributed by atoms with E-state index in [0.29, 0.717) is 23.5 Å². The maximum Gasteiger partial charge on any atom is 0.315 e. The SMILES string of the molecule is CC(C)NC(=O)C1=CC2=C(CC1C)OC(C)(C)C(=O)N2CCNC(=O)C(F)F. The van der Waals surface area contributed by atoms with Gasteiger partial charge in [0.05, 0.1) is 5.70 Å². The lowest BCUT2D eigenvalue weighted by Crippen LogP contribution is -2.53. The van der Waals surface area contributed by atoms with E-state index in [0.717, 1.165) is 0 Å². The molecule has 28 heavy (non-hydrogen) atoms. The van der Waals surface area contributed by atoms with Crippen molar-refractivity contribution in [3.8, 4) is 0 Å². The maximum absolute atomic E-state index is 12.8. The van der Waals surface area contributed by atoms with Gasteiger partial charge in [0.25, 0.3) is 11.8 Å². The molecule has 0 spiro atoms. The average molecular weight is 399 g/mol. The van der Waals surface area contributed by atoms with Crippen molar-refractivity contribution in [2.45, 2.75) is 59.1 Å². The molecule has 7 nitrogen and oxygen atoms in total. The number of hydrogen-bond donors (Lipinski definition) is 2. The molecule has 0 aromatic rings. The van der Waals surface area contributed by atoms with Crippen LogP contribution >= 0.6 is 0 Å². The number of nitrogens with one attached hydrogen (secondary N) is 2. The van der Waals surface area contributed by atoms with Crippen molar-refractivity contribution >= 4 is 17.7 Å². The first kappa shape index (κ1) is 21.8. The molecule has 1 heterocycles. The van der Waals surface area contributed by atoms with E-state index in [4.69, 9.17) is 4.74 Å². The summed E-state index contributed by atoms with van der Waals surface area (Å²) in [6.45, 7) is 8.70. The molecule has 2 N–H and O–H groups in total. The number of allylic oxidation sites excluding steroid dienone is 2. The molecule has 2 aliphatic rings. The van der Waals surface area contributed by atoms with Crippen molar-refractivity contribution in [1.29, 1.82) is 0 Å². The summed E-state index contributed by atoms with van der Waals surface area (Å²) in [5.41, 5.74) is -0.176. The topological polar surface area (TPSA) is 87.7 Å². The summed E-state index contributed by atoms with van der Waals surface area (Å²) in [5.74, 6) is -1.52. The van der Waals surface area contributed by atoms with Crippen LogP contribution in [0.15, 0.2) is 23.1 Å². The van der Waals surface area contributed by atoms with Crippen LogP contribution in [-0.4, -0.2) is 53.8 Å². The van der Waals surface area contributed by atoms with Gasteiger partial charge in [-0.15, -0.1) is 0 Å². The smallest absolute Gasteiger partial charge is 0.315 e. The molecule has 1 atom stereocenters. The lowest BCUT2D eigenvalue weighted by molar-refractivity contribution is -0.153. The van der Waals surface area contributed by atoms with Crippen LogP contribution in [0.1, 0.15) is 41.0 Å². The van der Waals surface area contributed by atoms with E-state index in [1.54, 1.807) is 19.9 Å². The number of carbonyl (C=O) groups is 3. The van der Waals surface area contributed by atoms with Crippen molar-refractivity contribution in [3.05, 3.63) is 23.1 Å². The van der Waals surface area contributed by atoms with Crippen LogP contribution in [0.2, 0.25) is 0 Å². The van der Waals surface area contributed by atoms with Gasteiger partial charge in [-0.3, -0.25) is 14.4 Å². The second-order valence-corrected chi connectivity index (χ2v) is 7.80. The van der Waals surface area contributed by atoms with Gasteiger partial charge < -0.3 is 20.3 Å². The molecule has 9 heteroatoms. The minimum absolute atomic E-state index is 0.00707.